The van der Waals surface area contributed by atoms with Crippen molar-refractivity contribution in [3.8, 4) is 5.75 Å². The van der Waals surface area contributed by atoms with Crippen LogP contribution in [-0.4, -0.2) is 85.9 Å². The highest BCUT2D eigenvalue weighted by molar-refractivity contribution is 7.89. The number of amides is 2. The Morgan fingerprint density at radius 2 is 1.74 bits per heavy atom. The fourth-order valence-corrected chi connectivity index (χ4v) is 9.94. The van der Waals surface area contributed by atoms with E-state index in [1.807, 2.05) is 32.0 Å². The zero-order valence-electron chi connectivity index (χ0n) is 28.6. The minimum absolute atomic E-state index is 0.0703. The van der Waals surface area contributed by atoms with Gasteiger partial charge >= 0.3 is 0 Å². The lowest BCUT2D eigenvalue weighted by molar-refractivity contribution is -0.144. The number of nitrogens with two attached hydrogens (primary N) is 1. The smallest absolute Gasteiger partial charge is 0.243 e. The summed E-state index contributed by atoms with van der Waals surface area (Å²) in [5, 5.41) is 4.47. The number of benzene rings is 2. The van der Waals surface area contributed by atoms with Crippen LogP contribution in [0.4, 0.5) is 0 Å². The lowest BCUT2D eigenvalue weighted by Crippen LogP contribution is -2.62. The number of hydrogen-bond acceptors (Lipinski definition) is 8. The Balaban J connectivity index is 1.14. The first-order chi connectivity index (χ1) is 23.9. The predicted octanol–water partition coefficient (Wildman–Crippen LogP) is 4.72. The maximum atomic E-state index is 14.1. The maximum absolute atomic E-state index is 14.1. The highest BCUT2D eigenvalue weighted by Gasteiger charge is 2.47. The Morgan fingerprint density at radius 3 is 2.44 bits per heavy atom. The van der Waals surface area contributed by atoms with Crippen molar-refractivity contribution >= 4 is 55.9 Å². The molecule has 0 bridgehead atoms. The van der Waals surface area contributed by atoms with Gasteiger partial charge in [-0.05, 0) is 94.8 Å². The van der Waals surface area contributed by atoms with Crippen LogP contribution in [0.15, 0.2) is 41.3 Å². The van der Waals surface area contributed by atoms with Crippen molar-refractivity contribution in [3.05, 3.63) is 63.3 Å². The first kappa shape index (κ1) is 36.8. The van der Waals surface area contributed by atoms with Crippen LogP contribution in [0.5, 0.6) is 5.75 Å². The molecular weight excluding hydrogens is 699 g/mol. The highest BCUT2D eigenvalue weighted by Crippen LogP contribution is 2.37. The van der Waals surface area contributed by atoms with Crippen LogP contribution in [0.3, 0.4) is 0 Å². The summed E-state index contributed by atoms with van der Waals surface area (Å²) in [4.78, 5) is 35.1. The van der Waals surface area contributed by atoms with E-state index >= 15 is 0 Å². The molecule has 11 nitrogen and oxygen atoms in total. The van der Waals surface area contributed by atoms with Gasteiger partial charge in [-0.1, -0.05) is 48.2 Å². The molecule has 0 spiro atoms. The van der Waals surface area contributed by atoms with E-state index in [0.29, 0.717) is 81.0 Å². The monoisotopic (exact) mass is 744 g/mol. The number of para-hydroxylation sites is 1. The topological polar surface area (TPSA) is 147 Å². The van der Waals surface area contributed by atoms with Crippen LogP contribution >= 0.6 is 23.2 Å². The van der Waals surface area contributed by atoms with E-state index in [-0.39, 0.29) is 33.4 Å². The quantitative estimate of drug-likeness (QED) is 0.271. The first-order valence-electron chi connectivity index (χ1n) is 17.4. The third kappa shape index (κ3) is 7.75. The Morgan fingerprint density at radius 1 is 1.06 bits per heavy atom. The van der Waals surface area contributed by atoms with Crippen molar-refractivity contribution in [2.24, 2.45) is 11.7 Å². The lowest BCUT2D eigenvalue weighted by atomic mass is 9.91. The summed E-state index contributed by atoms with van der Waals surface area (Å²) in [6.45, 7) is 7.03. The number of pyridine rings is 1. The Bertz CT molecular complexity index is 1860. The number of rotatable bonds is 10. The number of aromatic nitrogens is 1. The number of nitrogens with zero attached hydrogens (tertiary/aromatic N) is 3. The third-order valence-electron chi connectivity index (χ3n) is 10.4. The molecule has 6 rings (SSSR count). The molecule has 3 aliphatic rings. The molecule has 0 unspecified atom stereocenters. The molecule has 1 aromatic heterocycles. The van der Waals surface area contributed by atoms with Gasteiger partial charge in [0, 0.05) is 47.8 Å². The molecule has 3 heterocycles. The van der Waals surface area contributed by atoms with Gasteiger partial charge in [-0.3, -0.25) is 9.59 Å². The van der Waals surface area contributed by atoms with Gasteiger partial charge in [-0.2, -0.15) is 4.72 Å². The fraction of sp³-hybridized carbons (Fsp3) is 0.528. The molecule has 3 fully saturated rings. The van der Waals surface area contributed by atoms with Crippen LogP contribution in [0.25, 0.3) is 10.9 Å². The van der Waals surface area contributed by atoms with Gasteiger partial charge in [-0.15, -0.1) is 0 Å². The van der Waals surface area contributed by atoms with Crippen molar-refractivity contribution in [3.63, 3.8) is 0 Å². The van der Waals surface area contributed by atoms with Gasteiger partial charge in [0.1, 0.15) is 28.3 Å². The molecule has 1 aliphatic carbocycles. The minimum Gasteiger partial charge on any atom is -0.487 e. The number of nitrogens with one attached hydrogen (secondary N) is 2. The van der Waals surface area contributed by atoms with Crippen LogP contribution in [0.2, 0.25) is 10.0 Å². The first-order valence-corrected chi connectivity index (χ1v) is 19.7. The fourth-order valence-electron chi connectivity index (χ4n) is 7.63. The third-order valence-corrected chi connectivity index (χ3v) is 12.9. The number of piperidine rings is 1. The van der Waals surface area contributed by atoms with E-state index < -0.39 is 21.6 Å². The zero-order valence-corrected chi connectivity index (χ0v) is 31.0. The summed E-state index contributed by atoms with van der Waals surface area (Å²) in [5.41, 5.74) is 7.92. The van der Waals surface area contributed by atoms with Crippen LogP contribution < -0.4 is 20.5 Å². The molecule has 2 amide bonds. The molecule has 4 N–H and O–H groups in total. The summed E-state index contributed by atoms with van der Waals surface area (Å²) in [6, 6.07) is 9.90. The standard InChI is InChI=1S/C36H46Cl2N6O5S/c1-23-20-24(2)41-33-26(23)6-5-7-30(33)49-22-27-28(37)8-9-31(32(27)38)50(47,48)42-36(12-3-4-13-36)35(46)44-18-16-43(17-19-44)34(45)29(39)21-25-10-14-40-15-11-25/h5-9,20,25,29,40,42H,3-4,10-19,21-22,39H2,1-2H3/t29-/m0/s1. The number of hydrogen-bond donors (Lipinski definition) is 3. The Labute approximate surface area is 304 Å². The normalized spacial score (nSPS) is 19.1. The zero-order chi connectivity index (χ0) is 35.6. The molecule has 2 aromatic carbocycles. The van der Waals surface area contributed by atoms with Gasteiger partial charge in [0.15, 0.2) is 0 Å². The summed E-state index contributed by atoms with van der Waals surface area (Å²) in [5.74, 6) is 0.577. The van der Waals surface area contributed by atoms with Gasteiger partial charge in [0.05, 0.1) is 11.1 Å². The molecule has 14 heteroatoms. The molecule has 2 aliphatic heterocycles. The molecule has 0 radical (unpaired) electrons. The number of carbonyl (C=O) groups is 2. The number of fused-ring (bicyclic) bond motifs is 1. The predicted molar refractivity (Wildman–Crippen MR) is 195 cm³/mol. The average molecular weight is 746 g/mol. The van der Waals surface area contributed by atoms with Crippen molar-refractivity contribution < 1.29 is 22.7 Å². The lowest BCUT2D eigenvalue weighted by Gasteiger charge is -2.40. The second-order valence-corrected chi connectivity index (χ2v) is 16.3. The molecular formula is C36H46Cl2N6O5S. The maximum Gasteiger partial charge on any atom is 0.243 e. The molecule has 1 atom stereocenters. The van der Waals surface area contributed by atoms with Crippen molar-refractivity contribution in [1.29, 1.82) is 0 Å². The number of ether oxygens (including phenoxy) is 1. The second-order valence-electron chi connectivity index (χ2n) is 13.9. The van der Waals surface area contributed by atoms with E-state index in [2.05, 4.69) is 15.0 Å². The molecule has 270 valence electrons. The second kappa shape index (κ2) is 15.3. The minimum atomic E-state index is -4.28. The van der Waals surface area contributed by atoms with E-state index in [9.17, 15) is 18.0 Å². The van der Waals surface area contributed by atoms with Gasteiger partial charge in [0.2, 0.25) is 21.8 Å². The molecule has 50 heavy (non-hydrogen) atoms. The van der Waals surface area contributed by atoms with Crippen LogP contribution in [0, 0.1) is 19.8 Å². The molecule has 3 aromatic rings. The van der Waals surface area contributed by atoms with Crippen molar-refractivity contribution in [1.82, 2.24) is 24.8 Å². The summed E-state index contributed by atoms with van der Waals surface area (Å²) in [7, 11) is -4.28. The van der Waals surface area contributed by atoms with Crippen LogP contribution in [-0.2, 0) is 26.2 Å². The number of aryl methyl sites for hydroxylation is 2. The van der Waals surface area contributed by atoms with E-state index in [0.717, 1.165) is 42.6 Å². The van der Waals surface area contributed by atoms with Crippen molar-refractivity contribution in [2.75, 3.05) is 39.3 Å². The Hall–Kier alpha value is -3.00. The SMILES string of the molecule is Cc1cc(C)c2cccc(OCc3c(Cl)ccc(S(=O)(=O)NC4(C(=O)N5CCN(C(=O)[C@@H](N)CC6CCNCC6)CC5)CCCC4)c3Cl)c2n1. The average Bonchev–Trinajstić information content (AvgIpc) is 3.56. The number of halogens is 2. The number of carbonyl (C=O) groups excluding carboxylic acids is 2. The van der Waals surface area contributed by atoms with Gasteiger partial charge in [-0.25, -0.2) is 13.4 Å². The number of sulfonamides is 1. The van der Waals surface area contributed by atoms with Gasteiger partial charge in [0.25, 0.3) is 0 Å². The summed E-state index contributed by atoms with van der Waals surface area (Å²) >= 11 is 13.3. The van der Waals surface area contributed by atoms with Gasteiger partial charge < -0.3 is 25.6 Å². The van der Waals surface area contributed by atoms with Crippen molar-refractivity contribution in [2.45, 2.75) is 81.9 Å². The largest absolute Gasteiger partial charge is 0.487 e. The summed E-state index contributed by atoms with van der Waals surface area (Å²) in [6.07, 6.45) is 4.80. The summed E-state index contributed by atoms with van der Waals surface area (Å²) < 4.78 is 37.0. The highest BCUT2D eigenvalue weighted by atomic mass is 35.5. The van der Waals surface area contributed by atoms with E-state index in [1.54, 1.807) is 15.9 Å². The number of piperazine rings is 1. The van der Waals surface area contributed by atoms with E-state index in [4.69, 9.17) is 33.7 Å². The van der Waals surface area contributed by atoms with E-state index in [1.165, 1.54) is 12.1 Å². The molecule has 2 saturated heterocycles. The Kier molecular flexibility index (Phi) is 11.3. The van der Waals surface area contributed by atoms with Crippen LogP contribution in [0.1, 0.15) is 61.8 Å². The molecule has 1 saturated carbocycles.